The topological polar surface area (TPSA) is 60.2 Å². The molecule has 5 nitrogen and oxygen atoms in total. The lowest BCUT2D eigenvalue weighted by atomic mass is 10.1. The molecule has 1 aromatic carbocycles. The van der Waals surface area contributed by atoms with Crippen LogP contribution in [0.3, 0.4) is 0 Å². The van der Waals surface area contributed by atoms with Gasteiger partial charge in [0, 0.05) is 34.8 Å². The number of aliphatic hydroxyl groups is 1. The van der Waals surface area contributed by atoms with E-state index in [1.165, 1.54) is 0 Å². The SMILES string of the molecule is CC(C)C(O)Oc1ccc(-c2cnn(C)c2)nc1-c1ccc(Br)cc1. The summed E-state index contributed by atoms with van der Waals surface area (Å²) < 4.78 is 8.48. The van der Waals surface area contributed by atoms with Crippen molar-refractivity contribution in [1.29, 1.82) is 0 Å². The molecular weight excluding hydrogens is 382 g/mol. The van der Waals surface area contributed by atoms with Gasteiger partial charge < -0.3 is 9.84 Å². The van der Waals surface area contributed by atoms with E-state index in [2.05, 4.69) is 21.0 Å². The van der Waals surface area contributed by atoms with Crippen molar-refractivity contribution in [3.05, 3.63) is 53.3 Å². The molecule has 6 heteroatoms. The van der Waals surface area contributed by atoms with Crippen molar-refractivity contribution in [3.63, 3.8) is 0 Å². The number of benzene rings is 1. The van der Waals surface area contributed by atoms with E-state index in [1.54, 1.807) is 10.9 Å². The molecule has 130 valence electrons. The molecule has 25 heavy (non-hydrogen) atoms. The number of hydrogen-bond donors (Lipinski definition) is 1. The Hall–Kier alpha value is -2.18. The van der Waals surface area contributed by atoms with Crippen LogP contribution in [0, 0.1) is 5.92 Å². The third kappa shape index (κ3) is 4.08. The first kappa shape index (κ1) is 17.6. The van der Waals surface area contributed by atoms with Crippen molar-refractivity contribution in [3.8, 4) is 28.3 Å². The molecular formula is C19H20BrN3O2. The molecule has 1 atom stereocenters. The fourth-order valence-corrected chi connectivity index (χ4v) is 2.60. The van der Waals surface area contributed by atoms with Crippen LogP contribution in [0.5, 0.6) is 5.75 Å². The Kier molecular flexibility index (Phi) is 5.20. The van der Waals surface area contributed by atoms with E-state index >= 15 is 0 Å². The summed E-state index contributed by atoms with van der Waals surface area (Å²) in [6.07, 6.45) is 2.80. The monoisotopic (exact) mass is 401 g/mol. The highest BCUT2D eigenvalue weighted by molar-refractivity contribution is 9.10. The van der Waals surface area contributed by atoms with Crippen LogP contribution in [0.4, 0.5) is 0 Å². The van der Waals surface area contributed by atoms with E-state index in [0.717, 1.165) is 21.3 Å². The highest BCUT2D eigenvalue weighted by atomic mass is 79.9. The van der Waals surface area contributed by atoms with Gasteiger partial charge in [0.15, 0.2) is 6.29 Å². The number of hydrogen-bond acceptors (Lipinski definition) is 4. The predicted octanol–water partition coefficient (Wildman–Crippen LogP) is 4.26. The summed E-state index contributed by atoms with van der Waals surface area (Å²) in [4.78, 5) is 4.76. The van der Waals surface area contributed by atoms with Crippen molar-refractivity contribution in [2.45, 2.75) is 20.1 Å². The predicted molar refractivity (Wildman–Crippen MR) is 101 cm³/mol. The first-order chi connectivity index (χ1) is 11.9. The Labute approximate surface area is 155 Å². The Morgan fingerprint density at radius 3 is 2.40 bits per heavy atom. The van der Waals surface area contributed by atoms with Gasteiger partial charge in [0.05, 0.1) is 11.9 Å². The van der Waals surface area contributed by atoms with Gasteiger partial charge in [-0.2, -0.15) is 5.10 Å². The smallest absolute Gasteiger partial charge is 0.199 e. The van der Waals surface area contributed by atoms with E-state index in [9.17, 15) is 5.11 Å². The molecule has 1 N–H and O–H groups in total. The van der Waals surface area contributed by atoms with E-state index in [-0.39, 0.29) is 5.92 Å². The van der Waals surface area contributed by atoms with Crippen molar-refractivity contribution in [1.82, 2.24) is 14.8 Å². The average Bonchev–Trinajstić information content (AvgIpc) is 3.02. The summed E-state index contributed by atoms with van der Waals surface area (Å²) in [7, 11) is 1.87. The summed E-state index contributed by atoms with van der Waals surface area (Å²) in [5.41, 5.74) is 3.34. The molecule has 3 aromatic rings. The third-order valence-corrected chi connectivity index (χ3v) is 4.32. The van der Waals surface area contributed by atoms with Crippen LogP contribution in [0.25, 0.3) is 22.5 Å². The number of aliphatic hydroxyl groups excluding tert-OH is 1. The largest absolute Gasteiger partial charge is 0.463 e. The second kappa shape index (κ2) is 7.37. The summed E-state index contributed by atoms with van der Waals surface area (Å²) in [6, 6.07) is 11.6. The van der Waals surface area contributed by atoms with Gasteiger partial charge in [-0.05, 0) is 24.3 Å². The van der Waals surface area contributed by atoms with Gasteiger partial charge >= 0.3 is 0 Å². The Morgan fingerprint density at radius 2 is 1.80 bits per heavy atom. The number of aryl methyl sites for hydroxylation is 1. The van der Waals surface area contributed by atoms with Gasteiger partial charge in [0.1, 0.15) is 11.4 Å². The lowest BCUT2D eigenvalue weighted by Gasteiger charge is -2.19. The highest BCUT2D eigenvalue weighted by Crippen LogP contribution is 2.33. The van der Waals surface area contributed by atoms with Crippen molar-refractivity contribution in [2.24, 2.45) is 13.0 Å². The summed E-state index contributed by atoms with van der Waals surface area (Å²) >= 11 is 3.45. The Bertz CT molecular complexity index is 859. The standard InChI is InChI=1S/C19H20BrN3O2/c1-12(2)19(24)25-17-9-8-16(14-10-21-23(3)11-14)22-18(17)13-4-6-15(20)7-5-13/h4-12,19,24H,1-3H3. The van der Waals surface area contributed by atoms with Gasteiger partial charge in [-0.25, -0.2) is 4.98 Å². The van der Waals surface area contributed by atoms with Gasteiger partial charge in [-0.1, -0.05) is 41.9 Å². The van der Waals surface area contributed by atoms with E-state index in [0.29, 0.717) is 11.4 Å². The van der Waals surface area contributed by atoms with Gasteiger partial charge in [-0.3, -0.25) is 4.68 Å². The number of aromatic nitrogens is 3. The minimum Gasteiger partial charge on any atom is -0.463 e. The minimum atomic E-state index is -0.889. The molecule has 0 aliphatic carbocycles. The molecule has 0 aliphatic heterocycles. The van der Waals surface area contributed by atoms with Crippen LogP contribution >= 0.6 is 15.9 Å². The summed E-state index contributed by atoms with van der Waals surface area (Å²) in [5.74, 6) is 0.534. The molecule has 0 saturated heterocycles. The van der Waals surface area contributed by atoms with Gasteiger partial charge in [-0.15, -0.1) is 0 Å². The second-order valence-electron chi connectivity index (χ2n) is 6.21. The Balaban J connectivity index is 2.06. The van der Waals surface area contributed by atoms with Crippen LogP contribution in [0.1, 0.15) is 13.8 Å². The summed E-state index contributed by atoms with van der Waals surface area (Å²) in [5, 5.41) is 14.3. The number of nitrogens with zero attached hydrogens (tertiary/aromatic N) is 3. The van der Waals surface area contributed by atoms with Crippen LogP contribution in [0.2, 0.25) is 0 Å². The fraction of sp³-hybridized carbons (Fsp3) is 0.263. The zero-order chi connectivity index (χ0) is 18.0. The third-order valence-electron chi connectivity index (χ3n) is 3.79. The first-order valence-electron chi connectivity index (χ1n) is 8.05. The maximum absolute atomic E-state index is 10.1. The molecule has 0 aliphatic rings. The molecule has 3 rings (SSSR count). The highest BCUT2D eigenvalue weighted by Gasteiger charge is 2.17. The number of halogens is 1. The molecule has 0 saturated carbocycles. The molecule has 0 amide bonds. The van der Waals surface area contributed by atoms with E-state index in [4.69, 9.17) is 9.72 Å². The second-order valence-corrected chi connectivity index (χ2v) is 7.12. The molecule has 2 aromatic heterocycles. The number of pyridine rings is 1. The Morgan fingerprint density at radius 1 is 1.08 bits per heavy atom. The van der Waals surface area contributed by atoms with Crippen LogP contribution in [-0.2, 0) is 7.05 Å². The number of rotatable bonds is 5. The maximum atomic E-state index is 10.1. The van der Waals surface area contributed by atoms with Crippen molar-refractivity contribution in [2.75, 3.05) is 0 Å². The molecule has 2 heterocycles. The maximum Gasteiger partial charge on any atom is 0.199 e. The summed E-state index contributed by atoms with van der Waals surface area (Å²) in [6.45, 7) is 3.81. The molecule has 0 radical (unpaired) electrons. The molecule has 0 fully saturated rings. The average molecular weight is 402 g/mol. The lowest BCUT2D eigenvalue weighted by Crippen LogP contribution is -2.22. The van der Waals surface area contributed by atoms with Crippen LogP contribution < -0.4 is 4.74 Å². The fourth-order valence-electron chi connectivity index (χ4n) is 2.34. The van der Waals surface area contributed by atoms with Gasteiger partial charge in [0.25, 0.3) is 0 Å². The van der Waals surface area contributed by atoms with Crippen LogP contribution in [-0.4, -0.2) is 26.2 Å². The zero-order valence-electron chi connectivity index (χ0n) is 14.3. The quantitative estimate of drug-likeness (QED) is 0.648. The molecule has 1 unspecified atom stereocenters. The number of ether oxygens (including phenoxy) is 1. The van der Waals surface area contributed by atoms with E-state index < -0.39 is 6.29 Å². The van der Waals surface area contributed by atoms with Crippen molar-refractivity contribution >= 4 is 15.9 Å². The molecule has 0 bridgehead atoms. The van der Waals surface area contributed by atoms with Crippen LogP contribution in [0.15, 0.2) is 53.3 Å². The molecule has 0 spiro atoms. The zero-order valence-corrected chi connectivity index (χ0v) is 15.9. The van der Waals surface area contributed by atoms with Gasteiger partial charge in [0.2, 0.25) is 0 Å². The first-order valence-corrected chi connectivity index (χ1v) is 8.84. The van der Waals surface area contributed by atoms with Crippen molar-refractivity contribution < 1.29 is 9.84 Å². The lowest BCUT2D eigenvalue weighted by molar-refractivity contribution is -0.0513. The van der Waals surface area contributed by atoms with E-state index in [1.807, 2.05) is 63.5 Å². The minimum absolute atomic E-state index is 0.0178. The normalized spacial score (nSPS) is 12.4.